The van der Waals surface area contributed by atoms with Crippen molar-refractivity contribution in [2.45, 2.75) is 0 Å². The first kappa shape index (κ1) is 17.9. The predicted molar refractivity (Wildman–Crippen MR) is 105 cm³/mol. The van der Waals surface area contributed by atoms with E-state index in [2.05, 4.69) is 15.0 Å². The quantitative estimate of drug-likeness (QED) is 0.622. The molecule has 2 aromatic heterocycles. The number of hydrogen-bond donors (Lipinski definition) is 3. The van der Waals surface area contributed by atoms with E-state index in [0.29, 0.717) is 27.8 Å². The predicted octanol–water partition coefficient (Wildman–Crippen LogP) is 3.02. The van der Waals surface area contributed by atoms with E-state index < -0.39 is 10.0 Å². The first-order valence-corrected chi connectivity index (χ1v) is 10.3. The Morgan fingerprint density at radius 2 is 1.85 bits per heavy atom. The van der Waals surface area contributed by atoms with Gasteiger partial charge in [0.05, 0.1) is 22.5 Å². The number of nitrogens with zero attached hydrogens (tertiary/aromatic N) is 1. The minimum Gasteiger partial charge on any atom is -0.384 e. The molecule has 4 N–H and O–H groups in total. The van der Waals surface area contributed by atoms with Crippen LogP contribution in [0.25, 0.3) is 11.3 Å². The van der Waals surface area contributed by atoms with Crippen molar-refractivity contribution < 1.29 is 13.2 Å². The molecule has 9 heteroatoms. The van der Waals surface area contributed by atoms with Crippen LogP contribution in [0.3, 0.4) is 0 Å². The number of nitrogens with one attached hydrogen (secondary N) is 2. The van der Waals surface area contributed by atoms with Gasteiger partial charge in [0.1, 0.15) is 5.82 Å². The minimum absolute atomic E-state index is 0.290. The number of nitrogens with two attached hydrogens (primary N) is 1. The van der Waals surface area contributed by atoms with Gasteiger partial charge in [-0.2, -0.15) is 0 Å². The van der Waals surface area contributed by atoms with Crippen molar-refractivity contribution in [2.24, 2.45) is 0 Å². The molecule has 0 saturated carbocycles. The highest BCUT2D eigenvalue weighted by atomic mass is 32.2. The summed E-state index contributed by atoms with van der Waals surface area (Å²) >= 11 is 1.29. The molecular formula is C17H16N4O3S2. The van der Waals surface area contributed by atoms with E-state index in [1.54, 1.807) is 42.5 Å². The zero-order valence-corrected chi connectivity index (χ0v) is 15.4. The van der Waals surface area contributed by atoms with Crippen LogP contribution in [0.1, 0.15) is 9.67 Å². The molecule has 0 saturated heterocycles. The normalized spacial score (nSPS) is 11.1. The fourth-order valence-corrected chi connectivity index (χ4v) is 3.62. The molecule has 0 atom stereocenters. The van der Waals surface area contributed by atoms with Gasteiger partial charge < -0.3 is 11.1 Å². The molecule has 26 heavy (non-hydrogen) atoms. The number of aromatic nitrogens is 1. The molecule has 0 aliphatic rings. The number of carbonyl (C=O) groups excluding carboxylic acids is 1. The molecule has 0 spiro atoms. The molecule has 0 aliphatic heterocycles. The van der Waals surface area contributed by atoms with Gasteiger partial charge in [0.15, 0.2) is 0 Å². The van der Waals surface area contributed by atoms with Crippen molar-refractivity contribution in [3.8, 4) is 11.3 Å². The van der Waals surface area contributed by atoms with Crippen molar-refractivity contribution in [1.82, 2.24) is 4.98 Å². The van der Waals surface area contributed by atoms with Gasteiger partial charge in [-0.15, -0.1) is 11.3 Å². The number of hydrogen-bond acceptors (Lipinski definition) is 6. The second-order valence-corrected chi connectivity index (χ2v) is 8.22. The number of amides is 1. The maximum Gasteiger partial charge on any atom is 0.265 e. The third-order valence-corrected chi connectivity index (χ3v) is 4.85. The summed E-state index contributed by atoms with van der Waals surface area (Å²) in [6.45, 7) is 0. The topological polar surface area (TPSA) is 114 Å². The average molecular weight is 388 g/mol. The monoisotopic (exact) mass is 388 g/mol. The Morgan fingerprint density at radius 1 is 1.12 bits per heavy atom. The number of carbonyl (C=O) groups is 1. The Labute approximate surface area is 154 Å². The Bertz CT molecular complexity index is 1060. The zero-order chi connectivity index (χ0) is 18.7. The summed E-state index contributed by atoms with van der Waals surface area (Å²) < 4.78 is 25.0. The molecule has 0 radical (unpaired) electrons. The van der Waals surface area contributed by atoms with Gasteiger partial charge in [-0.1, -0.05) is 12.1 Å². The second-order valence-electron chi connectivity index (χ2n) is 5.56. The Kier molecular flexibility index (Phi) is 4.92. The van der Waals surface area contributed by atoms with Crippen LogP contribution >= 0.6 is 11.3 Å². The van der Waals surface area contributed by atoms with Crippen molar-refractivity contribution in [1.29, 1.82) is 0 Å². The van der Waals surface area contributed by atoms with Crippen molar-refractivity contribution in [3.05, 3.63) is 58.8 Å². The maximum absolute atomic E-state index is 12.4. The lowest BCUT2D eigenvalue weighted by atomic mass is 10.2. The number of thiophene rings is 1. The molecule has 1 aromatic carbocycles. The Morgan fingerprint density at radius 3 is 2.58 bits per heavy atom. The van der Waals surface area contributed by atoms with Crippen LogP contribution in [-0.2, 0) is 10.0 Å². The Balaban J connectivity index is 1.76. The summed E-state index contributed by atoms with van der Waals surface area (Å²) in [5.41, 5.74) is 8.05. The van der Waals surface area contributed by atoms with Crippen molar-refractivity contribution in [3.63, 3.8) is 0 Å². The second kappa shape index (κ2) is 7.14. The third-order valence-electron chi connectivity index (χ3n) is 3.31. The van der Waals surface area contributed by atoms with E-state index in [0.717, 1.165) is 11.8 Å². The van der Waals surface area contributed by atoms with Gasteiger partial charge in [-0.25, -0.2) is 13.4 Å². The molecule has 134 valence electrons. The summed E-state index contributed by atoms with van der Waals surface area (Å²) in [4.78, 5) is 17.2. The zero-order valence-electron chi connectivity index (χ0n) is 13.8. The van der Waals surface area contributed by atoms with Crippen molar-refractivity contribution >= 4 is 44.5 Å². The fourth-order valence-electron chi connectivity index (χ4n) is 2.27. The third kappa shape index (κ3) is 4.58. The van der Waals surface area contributed by atoms with E-state index in [1.807, 2.05) is 11.4 Å². The highest BCUT2D eigenvalue weighted by Gasteiger charge is 2.12. The van der Waals surface area contributed by atoms with E-state index in [-0.39, 0.29) is 5.91 Å². The van der Waals surface area contributed by atoms with Gasteiger partial charge in [0.2, 0.25) is 10.0 Å². The van der Waals surface area contributed by atoms with Gasteiger partial charge in [0.25, 0.3) is 5.91 Å². The number of anilines is 3. The van der Waals surface area contributed by atoms with Crippen LogP contribution in [0.5, 0.6) is 0 Å². The molecule has 1 amide bonds. The molecule has 0 bridgehead atoms. The van der Waals surface area contributed by atoms with Crippen LogP contribution in [0.15, 0.2) is 53.9 Å². The number of sulfonamides is 1. The molecule has 3 rings (SSSR count). The van der Waals surface area contributed by atoms with Gasteiger partial charge in [0, 0.05) is 16.6 Å². The molecule has 3 aromatic rings. The molecule has 0 aliphatic carbocycles. The van der Waals surface area contributed by atoms with Gasteiger partial charge >= 0.3 is 0 Å². The first-order chi connectivity index (χ1) is 12.3. The molecule has 0 unspecified atom stereocenters. The van der Waals surface area contributed by atoms with Gasteiger partial charge in [-0.05, 0) is 36.4 Å². The standard InChI is InChI=1S/C17H16N4O3S2/c1-26(23,24)21-13-5-2-4-12(9-13)19-17(22)15-8-11(10-25-15)14-6-3-7-16(18)20-14/h2-10,21H,1H3,(H2,18,20)(H,19,22). The molecular weight excluding hydrogens is 372 g/mol. The van der Waals surface area contributed by atoms with Crippen LogP contribution in [0.2, 0.25) is 0 Å². The van der Waals surface area contributed by atoms with E-state index >= 15 is 0 Å². The molecule has 7 nitrogen and oxygen atoms in total. The van der Waals surface area contributed by atoms with E-state index in [9.17, 15) is 13.2 Å². The lowest BCUT2D eigenvalue weighted by Gasteiger charge is -2.07. The number of nitrogen functional groups attached to an aromatic ring is 1. The summed E-state index contributed by atoms with van der Waals surface area (Å²) in [6.07, 6.45) is 1.07. The summed E-state index contributed by atoms with van der Waals surface area (Å²) in [6, 6.07) is 13.5. The number of rotatable bonds is 5. The summed E-state index contributed by atoms with van der Waals surface area (Å²) in [5.74, 6) is 0.122. The number of benzene rings is 1. The summed E-state index contributed by atoms with van der Waals surface area (Å²) in [7, 11) is -3.38. The van der Waals surface area contributed by atoms with Crippen LogP contribution in [0, 0.1) is 0 Å². The van der Waals surface area contributed by atoms with Crippen LogP contribution in [0.4, 0.5) is 17.2 Å². The van der Waals surface area contributed by atoms with Crippen LogP contribution in [-0.4, -0.2) is 25.6 Å². The molecule has 2 heterocycles. The largest absolute Gasteiger partial charge is 0.384 e. The molecule has 0 fully saturated rings. The van der Waals surface area contributed by atoms with E-state index in [1.165, 1.54) is 11.3 Å². The Hall–Kier alpha value is -2.91. The van der Waals surface area contributed by atoms with Gasteiger partial charge in [-0.3, -0.25) is 9.52 Å². The maximum atomic E-state index is 12.4. The SMILES string of the molecule is CS(=O)(=O)Nc1cccc(NC(=O)c2cc(-c3cccc(N)n3)cs2)c1. The summed E-state index contributed by atoms with van der Waals surface area (Å²) in [5, 5.41) is 4.58. The highest BCUT2D eigenvalue weighted by Crippen LogP contribution is 2.26. The van der Waals surface area contributed by atoms with E-state index in [4.69, 9.17) is 5.73 Å². The smallest absolute Gasteiger partial charge is 0.265 e. The van der Waals surface area contributed by atoms with Crippen LogP contribution < -0.4 is 15.8 Å². The fraction of sp³-hybridized carbons (Fsp3) is 0.0588. The highest BCUT2D eigenvalue weighted by molar-refractivity contribution is 7.92. The lowest BCUT2D eigenvalue weighted by molar-refractivity contribution is 0.103. The number of pyridine rings is 1. The average Bonchev–Trinajstić information content (AvgIpc) is 3.03. The first-order valence-electron chi connectivity index (χ1n) is 7.51. The minimum atomic E-state index is -3.38. The van der Waals surface area contributed by atoms with Crippen molar-refractivity contribution in [2.75, 3.05) is 22.0 Å². The lowest BCUT2D eigenvalue weighted by Crippen LogP contribution is -2.12.